The molecule has 75 heavy (non-hydrogen) atoms. The summed E-state index contributed by atoms with van der Waals surface area (Å²) in [6.45, 7) is 26.5. The third-order valence-corrected chi connectivity index (χ3v) is 15.5. The number of likely N-dealkylation sites (tertiary alicyclic amines) is 2. The van der Waals surface area contributed by atoms with Crippen molar-refractivity contribution in [2.45, 2.75) is 98.8 Å². The van der Waals surface area contributed by atoms with Crippen LogP contribution in [0, 0.1) is 27.9 Å². The van der Waals surface area contributed by atoms with Crippen molar-refractivity contribution in [1.82, 2.24) is 29.6 Å². The lowest BCUT2D eigenvalue weighted by atomic mass is 9.78. The van der Waals surface area contributed by atoms with Gasteiger partial charge in [-0.25, -0.2) is 8.78 Å². The maximum atomic E-state index is 14.3. The number of aromatic nitrogens is 2. The topological polar surface area (TPSA) is 165 Å². The molecule has 412 valence electrons. The van der Waals surface area contributed by atoms with E-state index in [-0.39, 0.29) is 24.7 Å². The number of ether oxygens (including phenoxy) is 1. The van der Waals surface area contributed by atoms with Crippen LogP contribution in [-0.2, 0) is 20.9 Å². The number of piperazine rings is 2. The molecule has 0 amide bonds. The molecular formula is C58H86F2N10O5. The minimum Gasteiger partial charge on any atom is -0.483 e. The highest BCUT2D eigenvalue weighted by Gasteiger charge is 2.49. The number of halogens is 2. The van der Waals surface area contributed by atoms with Crippen LogP contribution in [0.15, 0.2) is 67.0 Å². The zero-order valence-corrected chi connectivity index (χ0v) is 46.0. The van der Waals surface area contributed by atoms with Crippen LogP contribution in [-0.4, -0.2) is 177 Å². The molecule has 15 nitrogen and oxygen atoms in total. The van der Waals surface area contributed by atoms with Gasteiger partial charge >= 0.3 is 0 Å². The molecule has 0 bridgehead atoms. The van der Waals surface area contributed by atoms with Gasteiger partial charge in [0.2, 0.25) is 0 Å². The average Bonchev–Trinajstić information content (AvgIpc) is 4.09. The molecule has 0 radical (unpaired) electrons. The van der Waals surface area contributed by atoms with Gasteiger partial charge in [-0.3, -0.25) is 29.4 Å². The molecule has 4 saturated heterocycles. The highest BCUT2D eigenvalue weighted by Crippen LogP contribution is 2.48. The van der Waals surface area contributed by atoms with Crippen molar-refractivity contribution in [2.75, 3.05) is 121 Å². The first-order valence-electron chi connectivity index (χ1n) is 27.3. The quantitative estimate of drug-likeness (QED) is 0.0786. The molecule has 2 atom stereocenters. The Morgan fingerprint density at radius 1 is 0.760 bits per heavy atom. The molecule has 2 spiro atoms. The number of hydrogen-bond donors (Lipinski definition) is 4. The van der Waals surface area contributed by atoms with Gasteiger partial charge in [-0.15, -0.1) is 0 Å². The van der Waals surface area contributed by atoms with Crippen molar-refractivity contribution >= 4 is 36.2 Å². The number of hydrogen-bond acceptors (Lipinski definition) is 14. The fraction of sp³-hybridized carbons (Fsp3) is 0.569. The maximum absolute atomic E-state index is 14.3. The van der Waals surface area contributed by atoms with Gasteiger partial charge in [-0.1, -0.05) is 65.0 Å². The SMILES string of the molecule is CC.CC.CCN1CC2(CCC(N3CCN(c4cc(F)cnc4-c4cccc(CO)c4)CC3)C2)C1.CCOC=O.CNc1cccc(-c2ncc(F)cc2N2CCN(C3CCC4(C3)CN(C)C4)CC2)c1C=N.O=CO. The second kappa shape index (κ2) is 29.6. The van der Waals surface area contributed by atoms with Gasteiger partial charge in [0.05, 0.1) is 48.4 Å². The van der Waals surface area contributed by atoms with Crippen LogP contribution in [0.2, 0.25) is 0 Å². The summed E-state index contributed by atoms with van der Waals surface area (Å²) in [4.78, 5) is 41.3. The highest BCUT2D eigenvalue weighted by molar-refractivity contribution is 5.97. The largest absolute Gasteiger partial charge is 0.483 e. The lowest BCUT2D eigenvalue weighted by molar-refractivity contribution is -0.128. The summed E-state index contributed by atoms with van der Waals surface area (Å²) in [5.41, 5.74) is 8.63. The molecule has 2 aromatic carbocycles. The second-order valence-electron chi connectivity index (χ2n) is 20.0. The van der Waals surface area contributed by atoms with Crippen LogP contribution in [0.3, 0.4) is 0 Å². The molecule has 4 aromatic rings. The number of aliphatic hydroxyl groups excluding tert-OH is 1. The Morgan fingerprint density at radius 3 is 1.72 bits per heavy atom. The number of nitrogens with one attached hydrogen (secondary N) is 2. The summed E-state index contributed by atoms with van der Waals surface area (Å²) in [5, 5.41) is 27.5. The molecule has 4 aliphatic heterocycles. The standard InChI is InChI=1S/C25H33FN6.C25H33FN4O.C3H6O2.2C2H6.CH2O2/c1-28-22-5-3-4-20(21(22)14-27)24-23(12-18(26)15-29-24)32-10-8-31(9-11-32)19-6-7-25(13-19)16-30(2)17-25;1-2-28-17-25(18-28)7-6-22(14-25)29-8-10-30(11-9-29)23-13-21(26)15-27-24(23)20-5-3-4-19(12-20)16-31;1-2-5-3-4;2*1-2;2-1-3/h3-5,12,14-15,19,27-28H,6-11,13,16-17H2,1-2H3;3-5,12-13,15,22,31H,2,6-11,14,16-18H2,1H3;3H,2H2,1H3;2*1-2H3;1H,(H,2,3). The van der Waals surface area contributed by atoms with Gasteiger partial charge < -0.3 is 45.3 Å². The van der Waals surface area contributed by atoms with Crippen LogP contribution >= 0.6 is 0 Å². The summed E-state index contributed by atoms with van der Waals surface area (Å²) in [6.07, 6.45) is 11.9. The minimum atomic E-state index is -0.320. The first-order valence-corrected chi connectivity index (χ1v) is 27.3. The Balaban J connectivity index is 0.000000230. The molecular weight excluding hydrogens is 955 g/mol. The molecule has 6 aliphatic rings. The average molecular weight is 1040 g/mol. The number of anilines is 3. The Morgan fingerprint density at radius 2 is 1.27 bits per heavy atom. The van der Waals surface area contributed by atoms with Gasteiger partial charge in [-0.2, -0.15) is 0 Å². The first-order chi connectivity index (χ1) is 36.4. The summed E-state index contributed by atoms with van der Waals surface area (Å²) in [7, 11) is 4.07. The van der Waals surface area contributed by atoms with E-state index in [1.807, 2.05) is 77.2 Å². The Bertz CT molecular complexity index is 2390. The van der Waals surface area contributed by atoms with Crippen molar-refractivity contribution in [1.29, 1.82) is 5.41 Å². The molecule has 2 aliphatic carbocycles. The molecule has 6 fully saturated rings. The second-order valence-corrected chi connectivity index (χ2v) is 20.0. The third kappa shape index (κ3) is 15.3. The smallest absolute Gasteiger partial charge is 0.293 e. The van der Waals surface area contributed by atoms with Gasteiger partial charge in [-0.05, 0) is 87.6 Å². The lowest BCUT2D eigenvalue weighted by Crippen LogP contribution is -2.56. The Hall–Kier alpha value is -5.59. The number of aliphatic hydroxyl groups is 1. The summed E-state index contributed by atoms with van der Waals surface area (Å²) in [5.74, 6) is -0.623. The van der Waals surface area contributed by atoms with Crippen LogP contribution in [0.5, 0.6) is 0 Å². The van der Waals surface area contributed by atoms with E-state index in [4.69, 9.17) is 15.3 Å². The van der Waals surface area contributed by atoms with E-state index >= 15 is 0 Å². The minimum absolute atomic E-state index is 0.0120. The zero-order valence-electron chi connectivity index (χ0n) is 46.0. The van der Waals surface area contributed by atoms with Gasteiger partial charge in [0, 0.05) is 138 Å². The fourth-order valence-electron chi connectivity index (χ4n) is 12.2. The van der Waals surface area contributed by atoms with Gasteiger partial charge in [0.25, 0.3) is 12.9 Å². The summed E-state index contributed by atoms with van der Waals surface area (Å²) >= 11 is 0. The van der Waals surface area contributed by atoms with Crippen molar-refractivity contribution in [3.63, 3.8) is 0 Å². The zero-order chi connectivity index (χ0) is 54.5. The maximum Gasteiger partial charge on any atom is 0.293 e. The Kier molecular flexibility index (Phi) is 23.8. The van der Waals surface area contributed by atoms with E-state index in [2.05, 4.69) is 63.4 Å². The van der Waals surface area contributed by atoms with Crippen molar-refractivity contribution in [3.8, 4) is 22.5 Å². The number of rotatable bonds is 12. The number of benzene rings is 2. The summed E-state index contributed by atoms with van der Waals surface area (Å²) < 4.78 is 32.6. The number of nitrogens with zero attached hydrogens (tertiary/aromatic N) is 8. The number of pyridine rings is 2. The van der Waals surface area contributed by atoms with E-state index < -0.39 is 0 Å². The van der Waals surface area contributed by atoms with E-state index in [9.17, 15) is 18.7 Å². The number of carbonyl (C=O) groups excluding carboxylic acids is 1. The van der Waals surface area contributed by atoms with Crippen LogP contribution in [0.1, 0.15) is 91.2 Å². The van der Waals surface area contributed by atoms with E-state index in [1.54, 1.807) is 19.1 Å². The third-order valence-electron chi connectivity index (χ3n) is 15.5. The van der Waals surface area contributed by atoms with Crippen molar-refractivity contribution < 1.29 is 33.3 Å². The number of carboxylic acid groups (broad SMARTS) is 1. The predicted octanol–water partition coefficient (Wildman–Crippen LogP) is 8.84. The molecule has 2 saturated carbocycles. The lowest BCUT2D eigenvalue weighted by Gasteiger charge is -2.49. The Labute approximate surface area is 445 Å². The van der Waals surface area contributed by atoms with Crippen molar-refractivity contribution in [3.05, 3.63) is 89.8 Å². The first kappa shape index (κ1) is 60.3. The molecule has 10 rings (SSSR count). The predicted molar refractivity (Wildman–Crippen MR) is 299 cm³/mol. The van der Waals surface area contributed by atoms with Gasteiger partial charge in [0.1, 0.15) is 11.6 Å². The molecule has 2 aromatic heterocycles. The van der Waals surface area contributed by atoms with Crippen LogP contribution in [0.25, 0.3) is 22.5 Å². The highest BCUT2D eigenvalue weighted by atomic mass is 19.1. The van der Waals surface area contributed by atoms with Crippen LogP contribution in [0.4, 0.5) is 25.8 Å². The van der Waals surface area contributed by atoms with E-state index in [0.29, 0.717) is 36.0 Å². The van der Waals surface area contributed by atoms with E-state index in [1.165, 1.54) is 89.9 Å². The molecule has 4 N–H and O–H groups in total. The van der Waals surface area contributed by atoms with Crippen LogP contribution < -0.4 is 15.1 Å². The monoisotopic (exact) mass is 1040 g/mol. The van der Waals surface area contributed by atoms with Crippen molar-refractivity contribution in [2.24, 2.45) is 10.8 Å². The normalized spacial score (nSPS) is 20.6. The molecule has 17 heteroatoms. The summed E-state index contributed by atoms with van der Waals surface area (Å²) in [6, 6.07) is 18.2. The van der Waals surface area contributed by atoms with Gasteiger partial charge in [0.15, 0.2) is 0 Å². The fourth-order valence-corrected chi connectivity index (χ4v) is 12.2. The van der Waals surface area contributed by atoms with E-state index in [0.717, 1.165) is 103 Å². The molecule has 6 heterocycles. The molecule has 2 unspecified atom stereocenters. The number of carbonyl (C=O) groups is 2.